The van der Waals surface area contributed by atoms with Crippen molar-refractivity contribution < 1.29 is 8.85 Å². The Hall–Kier alpha value is -0.383. The van der Waals surface area contributed by atoms with Crippen molar-refractivity contribution in [1.82, 2.24) is 0 Å². The van der Waals surface area contributed by atoms with Crippen molar-refractivity contribution in [3.8, 4) is 0 Å². The summed E-state index contributed by atoms with van der Waals surface area (Å²) in [5, 5.41) is 0. The molecule has 0 N–H and O–H groups in total. The van der Waals surface area contributed by atoms with Crippen LogP contribution < -0.4 is 0 Å². The topological polar surface area (TPSA) is 18.5 Å². The van der Waals surface area contributed by atoms with Gasteiger partial charge >= 0.3 is 8.56 Å². The van der Waals surface area contributed by atoms with Gasteiger partial charge in [0.15, 0.2) is 0 Å². The molecular formula is C12H20O2Si. The van der Waals surface area contributed by atoms with Gasteiger partial charge in [0.25, 0.3) is 0 Å². The quantitative estimate of drug-likeness (QED) is 0.539. The Balaban J connectivity index is 2.14. The molecule has 0 fully saturated rings. The first-order valence-corrected chi connectivity index (χ1v) is 7.71. The molecule has 0 aromatic heterocycles. The van der Waals surface area contributed by atoms with Crippen LogP contribution in [0.3, 0.4) is 0 Å². The van der Waals surface area contributed by atoms with Crippen LogP contribution in [0.2, 0.25) is 11.1 Å². The van der Waals surface area contributed by atoms with Crippen LogP contribution in [-0.2, 0) is 8.85 Å². The minimum Gasteiger partial charge on any atom is -0.397 e. The number of rotatable bonds is 4. The molecule has 0 aromatic rings. The standard InChI is InChI=1S/C12H20O2Si/c1-13-15(14-2,11-7-3-4-8-11)12-9-5-6-10-12/h3-6,11-12H,7-10H2,1-2H3. The summed E-state index contributed by atoms with van der Waals surface area (Å²) >= 11 is 0. The molecule has 0 heterocycles. The van der Waals surface area contributed by atoms with Gasteiger partial charge in [0.2, 0.25) is 0 Å². The second kappa shape index (κ2) is 4.64. The minimum absolute atomic E-state index is 0.623. The van der Waals surface area contributed by atoms with E-state index < -0.39 is 8.56 Å². The zero-order valence-corrected chi connectivity index (χ0v) is 10.6. The molecule has 3 heteroatoms. The summed E-state index contributed by atoms with van der Waals surface area (Å²) in [5.74, 6) is 0. The summed E-state index contributed by atoms with van der Waals surface area (Å²) in [4.78, 5) is 0. The molecular weight excluding hydrogens is 204 g/mol. The number of hydrogen-bond donors (Lipinski definition) is 0. The third-order valence-corrected chi connectivity index (χ3v) is 8.29. The van der Waals surface area contributed by atoms with E-state index in [0.29, 0.717) is 11.1 Å². The third kappa shape index (κ3) is 1.84. The van der Waals surface area contributed by atoms with Crippen LogP contribution >= 0.6 is 0 Å². The maximum absolute atomic E-state index is 5.89. The van der Waals surface area contributed by atoms with Gasteiger partial charge in [-0.3, -0.25) is 0 Å². The van der Waals surface area contributed by atoms with Gasteiger partial charge < -0.3 is 8.85 Å². The summed E-state index contributed by atoms with van der Waals surface area (Å²) in [7, 11) is 1.68. The summed E-state index contributed by atoms with van der Waals surface area (Å²) in [5.41, 5.74) is 1.25. The van der Waals surface area contributed by atoms with E-state index in [1.807, 2.05) is 14.2 Å². The largest absolute Gasteiger partial charge is 0.397 e. The van der Waals surface area contributed by atoms with Crippen LogP contribution in [0.5, 0.6) is 0 Å². The lowest BCUT2D eigenvalue weighted by Gasteiger charge is -2.37. The molecule has 2 aliphatic carbocycles. The fourth-order valence-corrected chi connectivity index (χ4v) is 7.00. The normalized spacial score (nSPS) is 23.1. The van der Waals surface area contributed by atoms with E-state index in [4.69, 9.17) is 8.85 Å². The summed E-state index contributed by atoms with van der Waals surface area (Å²) in [6.07, 6.45) is 13.7. The molecule has 84 valence electrons. The second-order valence-electron chi connectivity index (χ2n) is 4.41. The van der Waals surface area contributed by atoms with Crippen molar-refractivity contribution in [2.45, 2.75) is 36.8 Å². The molecule has 0 spiro atoms. The van der Waals surface area contributed by atoms with Gasteiger partial charge in [-0.15, -0.1) is 0 Å². The highest BCUT2D eigenvalue weighted by atomic mass is 28.4. The van der Waals surface area contributed by atoms with Crippen LogP contribution in [0.25, 0.3) is 0 Å². The van der Waals surface area contributed by atoms with E-state index in [0.717, 1.165) is 25.7 Å². The molecule has 0 bridgehead atoms. The Morgan fingerprint density at radius 2 is 1.13 bits per heavy atom. The van der Waals surface area contributed by atoms with Crippen molar-refractivity contribution in [3.05, 3.63) is 24.3 Å². The van der Waals surface area contributed by atoms with Crippen LogP contribution in [0.1, 0.15) is 25.7 Å². The lowest BCUT2D eigenvalue weighted by molar-refractivity contribution is 0.216. The first-order valence-electron chi connectivity index (χ1n) is 5.73. The lowest BCUT2D eigenvalue weighted by atomic mass is 10.3. The minimum atomic E-state index is -2.00. The van der Waals surface area contributed by atoms with Crippen LogP contribution in [0.15, 0.2) is 24.3 Å². The van der Waals surface area contributed by atoms with E-state index in [1.165, 1.54) is 0 Å². The smallest absolute Gasteiger partial charge is 0.345 e. The molecule has 0 aromatic carbocycles. The maximum Gasteiger partial charge on any atom is 0.345 e. The fourth-order valence-electron chi connectivity index (χ4n) is 2.97. The SMILES string of the molecule is CO[Si](OC)(C1CC=CC1)C1CC=CC1. The Labute approximate surface area is 93.2 Å². The van der Waals surface area contributed by atoms with Gasteiger partial charge in [0, 0.05) is 25.3 Å². The molecule has 2 nitrogen and oxygen atoms in total. The Kier molecular flexibility index (Phi) is 3.44. The predicted molar refractivity (Wildman–Crippen MR) is 64.0 cm³/mol. The summed E-state index contributed by atoms with van der Waals surface area (Å²) in [6, 6.07) is 0. The van der Waals surface area contributed by atoms with Gasteiger partial charge in [0.1, 0.15) is 0 Å². The molecule has 0 aliphatic heterocycles. The van der Waals surface area contributed by atoms with E-state index in [-0.39, 0.29) is 0 Å². The summed E-state index contributed by atoms with van der Waals surface area (Å²) < 4.78 is 11.8. The average molecular weight is 224 g/mol. The molecule has 0 amide bonds. The molecule has 2 aliphatic rings. The monoisotopic (exact) mass is 224 g/mol. The Bertz CT molecular complexity index is 229. The molecule has 0 unspecified atom stereocenters. The van der Waals surface area contributed by atoms with E-state index in [2.05, 4.69) is 24.3 Å². The van der Waals surface area contributed by atoms with Crippen molar-refractivity contribution in [2.24, 2.45) is 0 Å². The van der Waals surface area contributed by atoms with Crippen molar-refractivity contribution >= 4 is 8.56 Å². The molecule has 0 saturated heterocycles. The van der Waals surface area contributed by atoms with E-state index >= 15 is 0 Å². The van der Waals surface area contributed by atoms with Gasteiger partial charge in [-0.25, -0.2) is 0 Å². The molecule has 15 heavy (non-hydrogen) atoms. The zero-order valence-electron chi connectivity index (χ0n) is 9.61. The summed E-state index contributed by atoms with van der Waals surface area (Å²) in [6.45, 7) is 0. The molecule has 0 atom stereocenters. The van der Waals surface area contributed by atoms with Crippen LogP contribution in [0, 0.1) is 0 Å². The van der Waals surface area contributed by atoms with E-state index in [9.17, 15) is 0 Å². The van der Waals surface area contributed by atoms with Gasteiger partial charge in [0.05, 0.1) is 0 Å². The Morgan fingerprint density at radius 3 is 1.40 bits per heavy atom. The van der Waals surface area contributed by atoms with Gasteiger partial charge in [-0.05, 0) is 25.7 Å². The van der Waals surface area contributed by atoms with Crippen molar-refractivity contribution in [3.63, 3.8) is 0 Å². The first kappa shape index (κ1) is 11.1. The number of allylic oxidation sites excluding steroid dienone is 4. The van der Waals surface area contributed by atoms with Gasteiger partial charge in [-0.2, -0.15) is 0 Å². The lowest BCUT2D eigenvalue weighted by Crippen LogP contribution is -2.48. The van der Waals surface area contributed by atoms with Crippen molar-refractivity contribution in [2.75, 3.05) is 14.2 Å². The first-order chi connectivity index (χ1) is 7.33. The Morgan fingerprint density at radius 1 is 0.800 bits per heavy atom. The highest BCUT2D eigenvalue weighted by molar-refractivity contribution is 6.70. The highest BCUT2D eigenvalue weighted by Crippen LogP contribution is 2.46. The maximum atomic E-state index is 5.89. The van der Waals surface area contributed by atoms with Gasteiger partial charge in [-0.1, -0.05) is 24.3 Å². The van der Waals surface area contributed by atoms with Crippen molar-refractivity contribution in [1.29, 1.82) is 0 Å². The van der Waals surface area contributed by atoms with Crippen LogP contribution in [0.4, 0.5) is 0 Å². The molecule has 0 saturated carbocycles. The predicted octanol–water partition coefficient (Wildman–Crippen LogP) is 3.16. The van der Waals surface area contributed by atoms with E-state index in [1.54, 1.807) is 0 Å². The molecule has 2 rings (SSSR count). The zero-order chi connectivity index (χ0) is 10.7. The third-order valence-electron chi connectivity index (χ3n) is 3.79. The average Bonchev–Trinajstić information content (AvgIpc) is 2.92. The second-order valence-corrected chi connectivity index (χ2v) is 8.30. The highest BCUT2D eigenvalue weighted by Gasteiger charge is 2.50. The number of hydrogen-bond acceptors (Lipinski definition) is 2. The van der Waals surface area contributed by atoms with Crippen LogP contribution in [-0.4, -0.2) is 22.8 Å². The fraction of sp³-hybridized carbons (Fsp3) is 0.667. The molecule has 0 radical (unpaired) electrons.